The van der Waals surface area contributed by atoms with Crippen LogP contribution in [0.25, 0.3) is 0 Å². The molecule has 4 rings (SSSR count). The number of rotatable bonds is 5. The lowest BCUT2D eigenvalue weighted by Gasteiger charge is -2.42. The molecule has 0 amide bonds. The Morgan fingerprint density at radius 3 is 1.85 bits per heavy atom. The van der Waals surface area contributed by atoms with Crippen molar-refractivity contribution in [1.29, 1.82) is 0 Å². The van der Waals surface area contributed by atoms with Gasteiger partial charge in [-0.15, -0.1) is 0 Å². The first-order chi connectivity index (χ1) is 12.8. The zero-order chi connectivity index (χ0) is 17.8. The Morgan fingerprint density at radius 1 is 0.692 bits per heavy atom. The first kappa shape index (κ1) is 19.0. The maximum atomic E-state index is 2.51. The SMILES string of the molecule is C[C@@H](c1ccccc1)C1CCC(P(C2CCCCC2)C2CCCCC2)C1. The first-order valence-corrected chi connectivity index (χ1v) is 13.2. The number of hydrogen-bond donors (Lipinski definition) is 0. The second-order valence-corrected chi connectivity index (χ2v) is 12.5. The molecule has 0 spiro atoms. The zero-order valence-corrected chi connectivity index (χ0v) is 17.8. The van der Waals surface area contributed by atoms with E-state index in [0.29, 0.717) is 0 Å². The van der Waals surface area contributed by atoms with Crippen molar-refractivity contribution in [2.24, 2.45) is 5.92 Å². The lowest BCUT2D eigenvalue weighted by atomic mass is 9.86. The largest absolute Gasteiger partial charge is 0.0971 e. The third kappa shape index (κ3) is 4.38. The molecule has 26 heavy (non-hydrogen) atoms. The maximum Gasteiger partial charge on any atom is -0.0162 e. The molecule has 1 aromatic carbocycles. The van der Waals surface area contributed by atoms with E-state index < -0.39 is 0 Å². The highest BCUT2D eigenvalue weighted by molar-refractivity contribution is 7.60. The fourth-order valence-electron chi connectivity index (χ4n) is 6.40. The third-order valence-electron chi connectivity index (χ3n) is 7.89. The number of benzene rings is 1. The van der Waals surface area contributed by atoms with Gasteiger partial charge in [0.05, 0.1) is 0 Å². The van der Waals surface area contributed by atoms with Gasteiger partial charge in [-0.2, -0.15) is 0 Å². The molecule has 3 atom stereocenters. The van der Waals surface area contributed by atoms with E-state index in [1.54, 1.807) is 44.1 Å². The van der Waals surface area contributed by atoms with Gasteiger partial charge in [-0.3, -0.25) is 0 Å². The van der Waals surface area contributed by atoms with Gasteiger partial charge >= 0.3 is 0 Å². The van der Waals surface area contributed by atoms with E-state index in [1.165, 1.54) is 44.9 Å². The van der Waals surface area contributed by atoms with E-state index in [0.717, 1.165) is 28.8 Å². The van der Waals surface area contributed by atoms with Crippen LogP contribution in [0.1, 0.15) is 102 Å². The van der Waals surface area contributed by atoms with Crippen molar-refractivity contribution < 1.29 is 0 Å². The summed E-state index contributed by atoms with van der Waals surface area (Å²) in [5.41, 5.74) is 4.96. The quantitative estimate of drug-likeness (QED) is 0.459. The average molecular weight is 371 g/mol. The van der Waals surface area contributed by atoms with Crippen molar-refractivity contribution in [3.8, 4) is 0 Å². The molecular weight excluding hydrogens is 331 g/mol. The Bertz CT molecular complexity index is 508. The molecule has 0 saturated heterocycles. The fraction of sp³-hybridized carbons (Fsp3) is 0.760. The molecule has 0 heterocycles. The van der Waals surface area contributed by atoms with Crippen molar-refractivity contribution in [1.82, 2.24) is 0 Å². The van der Waals surface area contributed by atoms with Gasteiger partial charge in [0.1, 0.15) is 0 Å². The predicted octanol–water partition coefficient (Wildman–Crippen LogP) is 8.11. The van der Waals surface area contributed by atoms with Crippen LogP contribution in [0.5, 0.6) is 0 Å². The second-order valence-electron chi connectivity index (χ2n) is 9.46. The van der Waals surface area contributed by atoms with Crippen molar-refractivity contribution in [2.45, 2.75) is 113 Å². The van der Waals surface area contributed by atoms with Crippen LogP contribution in [0.2, 0.25) is 0 Å². The molecule has 3 saturated carbocycles. The molecule has 2 unspecified atom stereocenters. The van der Waals surface area contributed by atoms with E-state index >= 15 is 0 Å². The molecule has 0 bridgehead atoms. The van der Waals surface area contributed by atoms with Gasteiger partial charge in [0.15, 0.2) is 0 Å². The van der Waals surface area contributed by atoms with Crippen LogP contribution in [-0.4, -0.2) is 17.0 Å². The average Bonchev–Trinajstić information content (AvgIpc) is 3.19. The molecule has 144 valence electrons. The lowest BCUT2D eigenvalue weighted by molar-refractivity contribution is 0.457. The first-order valence-electron chi connectivity index (χ1n) is 11.7. The molecular formula is C25H39P. The van der Waals surface area contributed by atoms with Gasteiger partial charge in [0.2, 0.25) is 0 Å². The summed E-state index contributed by atoms with van der Waals surface area (Å²) in [5, 5.41) is 0. The molecule has 0 N–H and O–H groups in total. The minimum atomic E-state index is 0.282. The molecule has 0 nitrogen and oxygen atoms in total. The van der Waals surface area contributed by atoms with Crippen LogP contribution in [0.15, 0.2) is 30.3 Å². The number of hydrogen-bond acceptors (Lipinski definition) is 0. The van der Waals surface area contributed by atoms with E-state index in [9.17, 15) is 0 Å². The van der Waals surface area contributed by atoms with E-state index in [4.69, 9.17) is 0 Å². The highest BCUT2D eigenvalue weighted by Crippen LogP contribution is 2.63. The monoisotopic (exact) mass is 370 g/mol. The van der Waals surface area contributed by atoms with Crippen LogP contribution in [-0.2, 0) is 0 Å². The minimum absolute atomic E-state index is 0.282. The van der Waals surface area contributed by atoms with Gasteiger partial charge in [-0.25, -0.2) is 0 Å². The normalized spacial score (nSPS) is 29.9. The summed E-state index contributed by atoms with van der Waals surface area (Å²) in [6, 6.07) is 11.4. The van der Waals surface area contributed by atoms with Gasteiger partial charge in [0.25, 0.3) is 0 Å². The van der Waals surface area contributed by atoms with E-state index in [2.05, 4.69) is 37.3 Å². The van der Waals surface area contributed by atoms with Crippen LogP contribution in [0.3, 0.4) is 0 Å². The van der Waals surface area contributed by atoms with Crippen LogP contribution < -0.4 is 0 Å². The van der Waals surface area contributed by atoms with E-state index in [-0.39, 0.29) is 7.92 Å². The van der Waals surface area contributed by atoms with E-state index in [1.807, 2.05) is 0 Å². The Labute approximate surface area is 163 Å². The van der Waals surface area contributed by atoms with Crippen molar-refractivity contribution in [2.75, 3.05) is 0 Å². The third-order valence-corrected chi connectivity index (χ3v) is 11.9. The summed E-state index contributed by atoms with van der Waals surface area (Å²) in [7, 11) is 0.282. The zero-order valence-electron chi connectivity index (χ0n) is 16.9. The molecule has 0 radical (unpaired) electrons. The second kappa shape index (κ2) is 9.23. The van der Waals surface area contributed by atoms with Gasteiger partial charge < -0.3 is 0 Å². The maximum absolute atomic E-state index is 2.51. The molecule has 0 aliphatic heterocycles. The van der Waals surface area contributed by atoms with Crippen molar-refractivity contribution in [3.05, 3.63) is 35.9 Å². The molecule has 3 fully saturated rings. The Kier molecular flexibility index (Phi) is 6.74. The van der Waals surface area contributed by atoms with Gasteiger partial charge in [-0.05, 0) is 79.3 Å². The van der Waals surface area contributed by atoms with Gasteiger partial charge in [0, 0.05) is 0 Å². The molecule has 3 aliphatic rings. The summed E-state index contributed by atoms with van der Waals surface area (Å²) in [4.78, 5) is 0. The molecule has 1 aromatic rings. The van der Waals surface area contributed by atoms with Crippen LogP contribution >= 0.6 is 7.92 Å². The van der Waals surface area contributed by atoms with Crippen molar-refractivity contribution >= 4 is 7.92 Å². The summed E-state index contributed by atoms with van der Waals surface area (Å²) in [6.07, 6.45) is 20.1. The summed E-state index contributed by atoms with van der Waals surface area (Å²) < 4.78 is 0. The Hall–Kier alpha value is -0.350. The standard InChI is InChI=1S/C25H39P/c1-20(21-11-5-2-6-12-21)22-17-18-25(19-22)26(23-13-7-3-8-14-23)24-15-9-4-10-16-24/h2,5-6,11-12,20,22-25H,3-4,7-10,13-19H2,1H3/t20-,22?,25?/m0/s1. The summed E-state index contributed by atoms with van der Waals surface area (Å²) >= 11 is 0. The Balaban J connectivity index is 1.45. The predicted molar refractivity (Wildman–Crippen MR) is 117 cm³/mol. The smallest absolute Gasteiger partial charge is 0.0162 e. The molecule has 1 heteroatoms. The molecule has 0 aromatic heterocycles. The van der Waals surface area contributed by atoms with Crippen LogP contribution in [0, 0.1) is 5.92 Å². The highest BCUT2D eigenvalue weighted by atomic mass is 31.1. The Morgan fingerprint density at radius 2 is 1.27 bits per heavy atom. The minimum Gasteiger partial charge on any atom is -0.0971 e. The van der Waals surface area contributed by atoms with Crippen LogP contribution in [0.4, 0.5) is 0 Å². The highest BCUT2D eigenvalue weighted by Gasteiger charge is 2.40. The van der Waals surface area contributed by atoms with Gasteiger partial charge in [-0.1, -0.05) is 83.7 Å². The summed E-state index contributed by atoms with van der Waals surface area (Å²) in [5.74, 6) is 1.70. The van der Waals surface area contributed by atoms with Crippen molar-refractivity contribution in [3.63, 3.8) is 0 Å². The molecule has 3 aliphatic carbocycles. The topological polar surface area (TPSA) is 0 Å². The fourth-order valence-corrected chi connectivity index (χ4v) is 11.1. The summed E-state index contributed by atoms with van der Waals surface area (Å²) in [6.45, 7) is 2.51. The lowest BCUT2D eigenvalue weighted by Crippen LogP contribution is -2.26.